The number of imide groups is 1. The fourth-order valence-electron chi connectivity index (χ4n) is 4.24. The van der Waals surface area contributed by atoms with Crippen LogP contribution in [0.2, 0.25) is 0 Å². The Morgan fingerprint density at radius 3 is 2.39 bits per heavy atom. The van der Waals surface area contributed by atoms with E-state index in [0.29, 0.717) is 24.3 Å². The van der Waals surface area contributed by atoms with Gasteiger partial charge in [-0.05, 0) is 49.2 Å². The predicted octanol–water partition coefficient (Wildman–Crippen LogP) is 2.33. The second kappa shape index (κ2) is 7.96. The summed E-state index contributed by atoms with van der Waals surface area (Å²) in [7, 11) is 0. The number of aliphatic hydroxyl groups is 1. The minimum Gasteiger partial charge on any atom is -0.491 e. The first-order chi connectivity index (χ1) is 15.1. The third-order valence-corrected chi connectivity index (χ3v) is 5.85. The summed E-state index contributed by atoms with van der Waals surface area (Å²) in [5.74, 6) is -0.232. The average molecular weight is 418 g/mol. The number of ether oxygens (including phenoxy) is 1. The Morgan fingerprint density at radius 2 is 1.68 bits per heavy atom. The SMILES string of the molecule is O=C1[C@H]2CC=CC[C@@H]2C(=O)N1c1ccc(OC[C@@H](O)Cn2nnc3ccccc32)cc1. The van der Waals surface area contributed by atoms with Gasteiger partial charge in [0.05, 0.1) is 29.6 Å². The number of hydrogen-bond acceptors (Lipinski definition) is 6. The quantitative estimate of drug-likeness (QED) is 0.487. The highest BCUT2D eigenvalue weighted by molar-refractivity contribution is 6.22. The Morgan fingerprint density at radius 1 is 1.00 bits per heavy atom. The highest BCUT2D eigenvalue weighted by atomic mass is 16.5. The highest BCUT2D eigenvalue weighted by Crippen LogP contribution is 2.37. The van der Waals surface area contributed by atoms with Crippen molar-refractivity contribution in [2.24, 2.45) is 11.8 Å². The van der Waals surface area contributed by atoms with Crippen LogP contribution in [-0.4, -0.2) is 44.6 Å². The summed E-state index contributed by atoms with van der Waals surface area (Å²) in [6.07, 6.45) is 4.40. The maximum absolute atomic E-state index is 12.7. The van der Waals surface area contributed by atoms with Gasteiger partial charge in [-0.15, -0.1) is 5.10 Å². The van der Waals surface area contributed by atoms with Gasteiger partial charge in [-0.3, -0.25) is 14.5 Å². The van der Waals surface area contributed by atoms with Crippen LogP contribution in [-0.2, 0) is 16.1 Å². The smallest absolute Gasteiger partial charge is 0.238 e. The minimum atomic E-state index is -0.776. The predicted molar refractivity (Wildman–Crippen MR) is 113 cm³/mol. The summed E-state index contributed by atoms with van der Waals surface area (Å²) in [4.78, 5) is 26.7. The molecule has 158 valence electrons. The molecule has 1 N–H and O–H groups in total. The molecule has 1 saturated heterocycles. The first-order valence-electron chi connectivity index (χ1n) is 10.3. The minimum absolute atomic E-state index is 0.0743. The summed E-state index contributed by atoms with van der Waals surface area (Å²) in [6.45, 7) is 0.330. The van der Waals surface area contributed by atoms with E-state index in [9.17, 15) is 14.7 Å². The summed E-state index contributed by atoms with van der Waals surface area (Å²) >= 11 is 0. The van der Waals surface area contributed by atoms with Gasteiger partial charge < -0.3 is 9.84 Å². The molecule has 0 radical (unpaired) electrons. The number of anilines is 1. The van der Waals surface area contributed by atoms with Gasteiger partial charge in [0.15, 0.2) is 0 Å². The number of allylic oxidation sites excluding steroid dienone is 2. The van der Waals surface area contributed by atoms with E-state index in [1.165, 1.54) is 4.90 Å². The lowest BCUT2D eigenvalue weighted by atomic mass is 9.85. The topological polar surface area (TPSA) is 97.6 Å². The molecular weight excluding hydrogens is 396 g/mol. The molecule has 31 heavy (non-hydrogen) atoms. The Balaban J connectivity index is 1.21. The number of amides is 2. The van der Waals surface area contributed by atoms with E-state index in [4.69, 9.17) is 4.74 Å². The van der Waals surface area contributed by atoms with Crippen LogP contribution >= 0.6 is 0 Å². The Labute approximate surface area is 178 Å². The van der Waals surface area contributed by atoms with E-state index in [2.05, 4.69) is 10.3 Å². The van der Waals surface area contributed by atoms with Crippen LogP contribution in [0.25, 0.3) is 11.0 Å². The van der Waals surface area contributed by atoms with Crippen molar-refractivity contribution in [3.05, 3.63) is 60.7 Å². The van der Waals surface area contributed by atoms with Crippen LogP contribution in [0.15, 0.2) is 60.7 Å². The number of carbonyl (C=O) groups excluding carboxylic acids is 2. The number of fused-ring (bicyclic) bond motifs is 2. The molecule has 0 unspecified atom stereocenters. The maximum Gasteiger partial charge on any atom is 0.238 e. The van der Waals surface area contributed by atoms with E-state index < -0.39 is 6.10 Å². The number of aliphatic hydroxyl groups excluding tert-OH is 1. The van der Waals surface area contributed by atoms with Gasteiger partial charge in [-0.1, -0.05) is 29.5 Å². The third kappa shape index (κ3) is 3.59. The summed E-state index contributed by atoms with van der Waals surface area (Å²) in [5, 5.41) is 18.5. The van der Waals surface area contributed by atoms with Gasteiger partial charge in [0, 0.05) is 0 Å². The maximum atomic E-state index is 12.7. The van der Waals surface area contributed by atoms with Gasteiger partial charge in [-0.2, -0.15) is 0 Å². The van der Waals surface area contributed by atoms with Crippen LogP contribution in [0.5, 0.6) is 5.75 Å². The van der Waals surface area contributed by atoms with Crippen LogP contribution < -0.4 is 9.64 Å². The number of nitrogens with zero attached hydrogens (tertiary/aromatic N) is 4. The number of hydrogen-bond donors (Lipinski definition) is 1. The zero-order valence-electron chi connectivity index (χ0n) is 16.8. The standard InChI is InChI=1S/C23H22N4O4/c28-16(13-26-21-8-4-3-7-20(21)24-25-26)14-31-17-11-9-15(10-12-17)27-22(29)18-5-1-2-6-19(18)23(27)30/h1-4,7-12,16,18-19,28H,5-6,13-14H2/t16-,18-,19-/m0/s1. The first kappa shape index (κ1) is 19.4. The second-order valence-corrected chi connectivity index (χ2v) is 7.89. The zero-order valence-corrected chi connectivity index (χ0v) is 16.8. The van der Waals surface area contributed by atoms with Crippen LogP contribution in [0.3, 0.4) is 0 Å². The number of benzene rings is 2. The van der Waals surface area contributed by atoms with Crippen molar-refractivity contribution in [1.29, 1.82) is 0 Å². The fourth-order valence-corrected chi connectivity index (χ4v) is 4.24. The normalized spacial score (nSPS) is 21.5. The number of para-hydroxylation sites is 1. The van der Waals surface area contributed by atoms with Gasteiger partial charge in [-0.25, -0.2) is 4.68 Å². The Bertz CT molecular complexity index is 1130. The van der Waals surface area contributed by atoms with E-state index in [0.717, 1.165) is 11.0 Å². The highest BCUT2D eigenvalue weighted by Gasteiger charge is 2.47. The molecule has 8 heteroatoms. The molecule has 3 aromatic rings. The summed E-state index contributed by atoms with van der Waals surface area (Å²) in [6, 6.07) is 14.4. The number of carbonyl (C=O) groups is 2. The molecule has 1 fully saturated rings. The van der Waals surface area contributed by atoms with Crippen molar-refractivity contribution in [2.75, 3.05) is 11.5 Å². The molecule has 2 amide bonds. The van der Waals surface area contributed by atoms with Crippen molar-refractivity contribution < 1.29 is 19.4 Å². The van der Waals surface area contributed by atoms with Crippen LogP contribution in [0, 0.1) is 11.8 Å². The molecule has 0 bridgehead atoms. The average Bonchev–Trinajstić information content (AvgIpc) is 3.32. The molecule has 1 aromatic heterocycles. The summed E-state index contributed by atoms with van der Waals surface area (Å²) in [5.41, 5.74) is 2.17. The van der Waals surface area contributed by atoms with Crippen molar-refractivity contribution in [3.63, 3.8) is 0 Å². The zero-order chi connectivity index (χ0) is 21.4. The molecular formula is C23H22N4O4. The van der Waals surface area contributed by atoms with Crippen molar-refractivity contribution in [1.82, 2.24) is 15.0 Å². The van der Waals surface area contributed by atoms with Crippen molar-refractivity contribution >= 4 is 28.5 Å². The molecule has 0 saturated carbocycles. The van der Waals surface area contributed by atoms with E-state index in [-0.39, 0.29) is 36.8 Å². The third-order valence-electron chi connectivity index (χ3n) is 5.85. The van der Waals surface area contributed by atoms with Gasteiger partial charge in [0.1, 0.15) is 24.0 Å². The lowest BCUT2D eigenvalue weighted by Gasteiger charge is -2.16. The molecule has 5 rings (SSSR count). The van der Waals surface area contributed by atoms with Crippen molar-refractivity contribution in [3.8, 4) is 5.75 Å². The Kier molecular flexibility index (Phi) is 4.99. The molecule has 8 nitrogen and oxygen atoms in total. The van der Waals surface area contributed by atoms with Crippen molar-refractivity contribution in [2.45, 2.75) is 25.5 Å². The van der Waals surface area contributed by atoms with Gasteiger partial charge in [0.25, 0.3) is 0 Å². The van der Waals surface area contributed by atoms with E-state index >= 15 is 0 Å². The molecule has 2 heterocycles. The molecule has 0 spiro atoms. The summed E-state index contributed by atoms with van der Waals surface area (Å²) < 4.78 is 7.33. The molecule has 3 atom stereocenters. The molecule has 2 aromatic carbocycles. The van der Waals surface area contributed by atoms with Crippen LogP contribution in [0.1, 0.15) is 12.8 Å². The van der Waals surface area contributed by atoms with Gasteiger partial charge >= 0.3 is 0 Å². The number of rotatable bonds is 6. The van der Waals surface area contributed by atoms with E-state index in [1.807, 2.05) is 36.4 Å². The Hall–Kier alpha value is -3.52. The molecule has 1 aliphatic carbocycles. The number of aromatic nitrogens is 3. The fraction of sp³-hybridized carbons (Fsp3) is 0.304. The monoisotopic (exact) mass is 418 g/mol. The first-order valence-corrected chi connectivity index (χ1v) is 10.3. The largest absolute Gasteiger partial charge is 0.491 e. The molecule has 2 aliphatic rings. The van der Waals surface area contributed by atoms with Crippen LogP contribution in [0.4, 0.5) is 5.69 Å². The second-order valence-electron chi connectivity index (χ2n) is 7.89. The van der Waals surface area contributed by atoms with E-state index in [1.54, 1.807) is 28.9 Å². The van der Waals surface area contributed by atoms with Gasteiger partial charge in [0.2, 0.25) is 11.8 Å². The lowest BCUT2D eigenvalue weighted by molar-refractivity contribution is -0.122. The lowest BCUT2D eigenvalue weighted by Crippen LogP contribution is -2.30. The molecule has 1 aliphatic heterocycles.